The van der Waals surface area contributed by atoms with Gasteiger partial charge in [0.2, 0.25) is 0 Å². The average molecular weight is 412 g/mol. The fourth-order valence-electron chi connectivity index (χ4n) is 2.18. The molecule has 0 spiro atoms. The topological polar surface area (TPSA) is 104 Å². The molecule has 0 saturated heterocycles. The monoisotopic (exact) mass is 412 g/mol. The number of nitrogens with zero attached hydrogens (tertiary/aromatic N) is 2. The number of thiazole rings is 1. The molecule has 0 N–H and O–H groups in total. The second-order valence-corrected chi connectivity index (χ2v) is 8.49. The van der Waals surface area contributed by atoms with Crippen LogP contribution in [0, 0.1) is 6.92 Å². The molecule has 0 bridgehead atoms. The van der Waals surface area contributed by atoms with Crippen molar-refractivity contribution in [3.8, 4) is 5.75 Å². The Balaban J connectivity index is 2.28. The highest BCUT2D eigenvalue weighted by Gasteiger charge is 2.21. The zero-order chi connectivity index (χ0) is 20.2. The highest BCUT2D eigenvalue weighted by atomic mass is 32.2. The van der Waals surface area contributed by atoms with Crippen molar-refractivity contribution in [3.05, 3.63) is 39.6 Å². The number of methoxy groups -OCH3 is 1. The third-order valence-electron chi connectivity index (χ3n) is 3.73. The summed E-state index contributed by atoms with van der Waals surface area (Å²) in [5.41, 5.74) is 0.586. The second-order valence-electron chi connectivity index (χ2n) is 5.52. The van der Waals surface area contributed by atoms with E-state index in [1.165, 1.54) is 31.4 Å². The number of benzene rings is 1. The largest absolute Gasteiger partial charge is 0.497 e. The molecule has 2 aromatic rings. The lowest BCUT2D eigenvalue weighted by atomic mass is 10.3. The number of hydrogen-bond acceptors (Lipinski definition) is 7. The first kappa shape index (κ1) is 20.8. The van der Waals surface area contributed by atoms with Gasteiger partial charge >= 0.3 is 5.97 Å². The van der Waals surface area contributed by atoms with Gasteiger partial charge in [0.05, 0.1) is 18.6 Å². The lowest BCUT2D eigenvalue weighted by Crippen LogP contribution is -2.20. The van der Waals surface area contributed by atoms with Crippen LogP contribution in [0.4, 0.5) is 0 Å². The Kier molecular flexibility index (Phi) is 6.55. The van der Waals surface area contributed by atoms with Crippen LogP contribution in [-0.4, -0.2) is 44.3 Å². The number of carbonyl (C=O) groups is 2. The number of ether oxygens (including phenoxy) is 2. The molecule has 1 aromatic carbocycles. The summed E-state index contributed by atoms with van der Waals surface area (Å²) in [7, 11) is -0.732. The van der Waals surface area contributed by atoms with Crippen LogP contribution in [-0.2, 0) is 26.4 Å². The van der Waals surface area contributed by atoms with Crippen molar-refractivity contribution in [2.45, 2.75) is 18.7 Å². The standard InChI is InChI=1S/C17H20N2O6S2/c1-5-25-16(21)15-11(2)19(3)17(26-15)18-14(20)10-27(22,23)13-8-6-12(24-4)7-9-13/h6-9H,5,10H2,1-4H3. The Bertz CT molecular complexity index is 1020. The van der Waals surface area contributed by atoms with Crippen LogP contribution in [0.15, 0.2) is 34.2 Å². The molecule has 1 amide bonds. The van der Waals surface area contributed by atoms with Crippen molar-refractivity contribution < 1.29 is 27.5 Å². The lowest BCUT2D eigenvalue weighted by Gasteiger charge is -2.03. The maximum Gasteiger partial charge on any atom is 0.350 e. The molecule has 0 aliphatic heterocycles. The average Bonchev–Trinajstić information content (AvgIpc) is 2.90. The van der Waals surface area contributed by atoms with E-state index in [1.54, 1.807) is 25.5 Å². The van der Waals surface area contributed by atoms with Crippen molar-refractivity contribution >= 4 is 33.1 Å². The third kappa shape index (κ3) is 4.83. The van der Waals surface area contributed by atoms with Gasteiger partial charge in [-0.3, -0.25) is 4.79 Å². The number of hydrogen-bond donors (Lipinski definition) is 0. The molecule has 27 heavy (non-hydrogen) atoms. The van der Waals surface area contributed by atoms with E-state index in [-0.39, 0.29) is 16.3 Å². The minimum atomic E-state index is -3.84. The number of aromatic nitrogens is 1. The molecule has 0 unspecified atom stereocenters. The van der Waals surface area contributed by atoms with E-state index in [1.807, 2.05) is 0 Å². The number of esters is 1. The summed E-state index contributed by atoms with van der Waals surface area (Å²) in [5, 5.41) is 0. The molecule has 146 valence electrons. The Morgan fingerprint density at radius 1 is 1.22 bits per heavy atom. The summed E-state index contributed by atoms with van der Waals surface area (Å²) in [6, 6.07) is 5.75. The maximum atomic E-state index is 12.4. The summed E-state index contributed by atoms with van der Waals surface area (Å²) >= 11 is 0.979. The smallest absolute Gasteiger partial charge is 0.350 e. The lowest BCUT2D eigenvalue weighted by molar-refractivity contribution is -0.115. The SMILES string of the molecule is CCOC(=O)c1sc(=NC(=O)CS(=O)(=O)c2ccc(OC)cc2)n(C)c1C. The molecule has 10 heteroatoms. The molecule has 1 aromatic heterocycles. The van der Waals surface area contributed by atoms with Gasteiger partial charge in [-0.2, -0.15) is 4.99 Å². The van der Waals surface area contributed by atoms with Gasteiger partial charge in [0, 0.05) is 12.7 Å². The number of amides is 1. The Labute approximate surface area is 161 Å². The van der Waals surface area contributed by atoms with Gasteiger partial charge in [-0.15, -0.1) is 0 Å². The van der Waals surface area contributed by atoms with Gasteiger partial charge in [0.1, 0.15) is 16.4 Å². The van der Waals surface area contributed by atoms with Gasteiger partial charge in [-0.05, 0) is 38.1 Å². The van der Waals surface area contributed by atoms with Gasteiger partial charge in [-0.25, -0.2) is 13.2 Å². The van der Waals surface area contributed by atoms with Crippen LogP contribution >= 0.6 is 11.3 Å². The predicted molar refractivity (Wildman–Crippen MR) is 99.6 cm³/mol. The Morgan fingerprint density at radius 3 is 2.41 bits per heavy atom. The van der Waals surface area contributed by atoms with Crippen molar-refractivity contribution in [1.82, 2.24) is 4.57 Å². The molecule has 2 rings (SSSR count). The number of rotatable bonds is 6. The summed E-state index contributed by atoms with van der Waals surface area (Å²) in [6.45, 7) is 3.62. The Morgan fingerprint density at radius 2 is 1.85 bits per heavy atom. The van der Waals surface area contributed by atoms with E-state index < -0.39 is 27.5 Å². The molecule has 0 saturated carbocycles. The summed E-state index contributed by atoms with van der Waals surface area (Å²) in [4.78, 5) is 28.5. The van der Waals surface area contributed by atoms with Crippen LogP contribution in [0.3, 0.4) is 0 Å². The van der Waals surface area contributed by atoms with Gasteiger partial charge < -0.3 is 14.0 Å². The summed E-state index contributed by atoms with van der Waals surface area (Å²) < 4.78 is 36.3. The molecule has 0 radical (unpaired) electrons. The summed E-state index contributed by atoms with van der Waals surface area (Å²) in [6.07, 6.45) is 0. The minimum absolute atomic E-state index is 0.00537. The molecule has 0 fully saturated rings. The summed E-state index contributed by atoms with van der Waals surface area (Å²) in [5.74, 6) is -1.59. The fourth-order valence-corrected chi connectivity index (χ4v) is 4.32. The first-order valence-electron chi connectivity index (χ1n) is 7.97. The van der Waals surface area contributed by atoms with Crippen molar-refractivity contribution in [3.63, 3.8) is 0 Å². The normalized spacial score (nSPS) is 12.1. The van der Waals surface area contributed by atoms with Gasteiger partial charge in [0.15, 0.2) is 14.6 Å². The molecule has 0 aliphatic carbocycles. The molecular formula is C17H20N2O6S2. The van der Waals surface area contributed by atoms with Crippen molar-refractivity contribution in [2.24, 2.45) is 12.0 Å². The second kappa shape index (κ2) is 8.49. The third-order valence-corrected chi connectivity index (χ3v) is 6.56. The number of sulfone groups is 1. The van der Waals surface area contributed by atoms with Crippen LogP contribution in [0.25, 0.3) is 0 Å². The molecule has 1 heterocycles. The first-order valence-corrected chi connectivity index (χ1v) is 10.4. The highest BCUT2D eigenvalue weighted by molar-refractivity contribution is 7.92. The van der Waals surface area contributed by atoms with E-state index in [0.717, 1.165) is 11.3 Å². The zero-order valence-electron chi connectivity index (χ0n) is 15.4. The molecule has 0 atom stereocenters. The molecule has 0 aliphatic rings. The van der Waals surface area contributed by atoms with Crippen LogP contribution in [0.5, 0.6) is 5.75 Å². The molecule has 8 nitrogen and oxygen atoms in total. The van der Waals surface area contributed by atoms with Crippen molar-refractivity contribution in [1.29, 1.82) is 0 Å². The molecular weight excluding hydrogens is 392 g/mol. The van der Waals surface area contributed by atoms with Gasteiger partial charge in [-0.1, -0.05) is 11.3 Å². The van der Waals surface area contributed by atoms with E-state index >= 15 is 0 Å². The van der Waals surface area contributed by atoms with Crippen molar-refractivity contribution in [2.75, 3.05) is 19.5 Å². The Hall–Kier alpha value is -2.46. The number of carbonyl (C=O) groups excluding carboxylic acids is 2. The maximum absolute atomic E-state index is 12.4. The van der Waals surface area contributed by atoms with E-state index in [2.05, 4.69) is 4.99 Å². The minimum Gasteiger partial charge on any atom is -0.497 e. The van der Waals surface area contributed by atoms with Crippen LogP contribution in [0.2, 0.25) is 0 Å². The van der Waals surface area contributed by atoms with E-state index in [0.29, 0.717) is 16.3 Å². The van der Waals surface area contributed by atoms with E-state index in [9.17, 15) is 18.0 Å². The first-order chi connectivity index (χ1) is 12.7. The van der Waals surface area contributed by atoms with E-state index in [4.69, 9.17) is 9.47 Å². The van der Waals surface area contributed by atoms with Crippen LogP contribution in [0.1, 0.15) is 22.3 Å². The van der Waals surface area contributed by atoms with Gasteiger partial charge in [0.25, 0.3) is 5.91 Å². The predicted octanol–water partition coefficient (Wildman–Crippen LogP) is 1.48. The quantitative estimate of drug-likeness (QED) is 0.666. The highest BCUT2D eigenvalue weighted by Crippen LogP contribution is 2.17. The van der Waals surface area contributed by atoms with Crippen LogP contribution < -0.4 is 9.54 Å². The fraction of sp³-hybridized carbons (Fsp3) is 0.353. The zero-order valence-corrected chi connectivity index (χ0v) is 17.0.